The van der Waals surface area contributed by atoms with Gasteiger partial charge in [-0.25, -0.2) is 0 Å². The molecule has 9 heteroatoms. The molecule has 1 aromatic carbocycles. The molecule has 1 aromatic heterocycles. The molecule has 3 rings (SSSR count). The molecular weight excluding hydrogens is 362 g/mol. The standard InChI is InChI=1S/C19H23N5O4/c1-3-22(4-2)19(26)18-15-12-23(10-9-16(15)20-21-18)17(25)11-13-5-7-14(8-6-13)24(27)28/h5-8H,3-4,9-12H2,1-2H3,(H,20,21). The van der Waals surface area contributed by atoms with Gasteiger partial charge >= 0.3 is 0 Å². The van der Waals surface area contributed by atoms with E-state index in [0.29, 0.717) is 43.9 Å². The number of aromatic amines is 1. The largest absolute Gasteiger partial charge is 0.338 e. The Bertz CT molecular complexity index is 886. The van der Waals surface area contributed by atoms with Crippen LogP contribution in [-0.4, -0.2) is 56.4 Å². The van der Waals surface area contributed by atoms with Gasteiger partial charge in [0.2, 0.25) is 5.91 Å². The average Bonchev–Trinajstić information content (AvgIpc) is 3.12. The van der Waals surface area contributed by atoms with Crippen molar-refractivity contribution >= 4 is 17.5 Å². The lowest BCUT2D eigenvalue weighted by molar-refractivity contribution is -0.384. The van der Waals surface area contributed by atoms with Crippen LogP contribution in [0.5, 0.6) is 0 Å². The second-order valence-corrected chi connectivity index (χ2v) is 6.67. The molecule has 1 aliphatic rings. The third-order valence-corrected chi connectivity index (χ3v) is 5.04. The van der Waals surface area contributed by atoms with Crippen molar-refractivity contribution in [1.82, 2.24) is 20.0 Å². The van der Waals surface area contributed by atoms with E-state index in [1.165, 1.54) is 12.1 Å². The minimum absolute atomic E-state index is 0.00299. The van der Waals surface area contributed by atoms with Crippen LogP contribution in [0, 0.1) is 10.1 Å². The first kappa shape index (κ1) is 19.5. The lowest BCUT2D eigenvalue weighted by atomic mass is 10.0. The minimum Gasteiger partial charge on any atom is -0.338 e. The molecule has 1 aliphatic heterocycles. The van der Waals surface area contributed by atoms with Crippen LogP contribution in [0.4, 0.5) is 5.69 Å². The first-order valence-electron chi connectivity index (χ1n) is 9.31. The van der Waals surface area contributed by atoms with Gasteiger partial charge in [-0.2, -0.15) is 5.10 Å². The molecule has 2 aromatic rings. The highest BCUT2D eigenvalue weighted by Gasteiger charge is 2.29. The van der Waals surface area contributed by atoms with Crippen LogP contribution in [-0.2, 0) is 24.2 Å². The van der Waals surface area contributed by atoms with E-state index in [-0.39, 0.29) is 23.9 Å². The normalized spacial score (nSPS) is 13.1. The number of non-ortho nitro benzene ring substituents is 1. The Morgan fingerprint density at radius 1 is 1.25 bits per heavy atom. The number of hydrogen-bond acceptors (Lipinski definition) is 5. The molecule has 0 saturated carbocycles. The minimum atomic E-state index is -0.467. The summed E-state index contributed by atoms with van der Waals surface area (Å²) in [7, 11) is 0. The molecule has 9 nitrogen and oxygen atoms in total. The van der Waals surface area contributed by atoms with E-state index in [1.54, 1.807) is 21.9 Å². The van der Waals surface area contributed by atoms with Crippen molar-refractivity contribution in [1.29, 1.82) is 0 Å². The second kappa shape index (κ2) is 8.20. The number of nitro groups is 1. The number of nitrogens with zero attached hydrogens (tertiary/aromatic N) is 4. The molecular formula is C19H23N5O4. The van der Waals surface area contributed by atoms with Crippen LogP contribution in [0.2, 0.25) is 0 Å². The van der Waals surface area contributed by atoms with Crippen LogP contribution in [0.1, 0.15) is 41.2 Å². The highest BCUT2D eigenvalue weighted by Crippen LogP contribution is 2.22. The van der Waals surface area contributed by atoms with Gasteiger partial charge in [-0.15, -0.1) is 0 Å². The van der Waals surface area contributed by atoms with Crippen molar-refractivity contribution in [2.75, 3.05) is 19.6 Å². The summed E-state index contributed by atoms with van der Waals surface area (Å²) in [5.74, 6) is -0.214. The van der Waals surface area contributed by atoms with Gasteiger partial charge in [0.25, 0.3) is 11.6 Å². The Morgan fingerprint density at radius 3 is 2.54 bits per heavy atom. The molecule has 0 atom stereocenters. The fraction of sp³-hybridized carbons (Fsp3) is 0.421. The zero-order valence-corrected chi connectivity index (χ0v) is 16.0. The maximum absolute atomic E-state index is 12.7. The van der Waals surface area contributed by atoms with Crippen molar-refractivity contribution in [3.8, 4) is 0 Å². The Kier molecular flexibility index (Phi) is 5.72. The second-order valence-electron chi connectivity index (χ2n) is 6.67. The highest BCUT2D eigenvalue weighted by molar-refractivity contribution is 5.94. The number of carbonyl (C=O) groups is 2. The number of carbonyl (C=O) groups excluding carboxylic acids is 2. The number of hydrogen-bond donors (Lipinski definition) is 1. The average molecular weight is 385 g/mol. The van der Waals surface area contributed by atoms with E-state index in [1.807, 2.05) is 13.8 Å². The van der Waals surface area contributed by atoms with E-state index in [9.17, 15) is 19.7 Å². The quantitative estimate of drug-likeness (QED) is 0.603. The number of rotatable bonds is 6. The molecule has 0 spiro atoms. The topological polar surface area (TPSA) is 112 Å². The summed E-state index contributed by atoms with van der Waals surface area (Å²) in [6, 6.07) is 5.99. The Morgan fingerprint density at radius 2 is 1.93 bits per heavy atom. The van der Waals surface area contributed by atoms with Crippen molar-refractivity contribution in [2.24, 2.45) is 0 Å². The zero-order valence-electron chi connectivity index (χ0n) is 16.0. The fourth-order valence-corrected chi connectivity index (χ4v) is 3.37. The zero-order chi connectivity index (χ0) is 20.3. The van der Waals surface area contributed by atoms with Crippen LogP contribution in [0.15, 0.2) is 24.3 Å². The highest BCUT2D eigenvalue weighted by atomic mass is 16.6. The van der Waals surface area contributed by atoms with E-state index in [4.69, 9.17) is 0 Å². The smallest absolute Gasteiger partial charge is 0.274 e. The summed E-state index contributed by atoms with van der Waals surface area (Å²) in [5.41, 5.74) is 2.77. The molecule has 0 radical (unpaired) electrons. The van der Waals surface area contributed by atoms with Crippen LogP contribution in [0.3, 0.4) is 0 Å². The van der Waals surface area contributed by atoms with Gasteiger partial charge in [0.05, 0.1) is 11.3 Å². The number of benzene rings is 1. The first-order valence-corrected chi connectivity index (χ1v) is 9.31. The van der Waals surface area contributed by atoms with Gasteiger partial charge in [0.15, 0.2) is 5.69 Å². The fourth-order valence-electron chi connectivity index (χ4n) is 3.37. The van der Waals surface area contributed by atoms with Crippen molar-refractivity contribution in [3.63, 3.8) is 0 Å². The summed E-state index contributed by atoms with van der Waals surface area (Å²) in [5, 5.41) is 17.9. The number of aromatic nitrogens is 2. The van der Waals surface area contributed by atoms with Crippen LogP contribution in [0.25, 0.3) is 0 Å². The van der Waals surface area contributed by atoms with Gasteiger partial charge in [0, 0.05) is 56.0 Å². The summed E-state index contributed by atoms with van der Waals surface area (Å²) >= 11 is 0. The number of amides is 2. The third kappa shape index (κ3) is 3.88. The van der Waals surface area contributed by atoms with Crippen molar-refractivity contribution in [3.05, 3.63) is 56.9 Å². The molecule has 28 heavy (non-hydrogen) atoms. The molecule has 0 bridgehead atoms. The summed E-state index contributed by atoms with van der Waals surface area (Å²) in [4.78, 5) is 39.1. The molecule has 0 fully saturated rings. The molecule has 2 amide bonds. The SMILES string of the molecule is CCN(CC)C(=O)c1n[nH]c2c1CN(C(=O)Cc1ccc([N+](=O)[O-])cc1)CC2. The van der Waals surface area contributed by atoms with Gasteiger partial charge in [-0.1, -0.05) is 12.1 Å². The summed E-state index contributed by atoms with van der Waals surface area (Å²) < 4.78 is 0. The Hall–Kier alpha value is -3.23. The monoisotopic (exact) mass is 385 g/mol. The van der Waals surface area contributed by atoms with Crippen molar-refractivity contribution < 1.29 is 14.5 Å². The number of H-pyrrole nitrogens is 1. The molecule has 0 unspecified atom stereocenters. The van der Waals surface area contributed by atoms with Crippen LogP contribution >= 0.6 is 0 Å². The van der Waals surface area contributed by atoms with E-state index < -0.39 is 4.92 Å². The molecule has 1 N–H and O–H groups in total. The van der Waals surface area contributed by atoms with Gasteiger partial charge in [-0.3, -0.25) is 24.8 Å². The van der Waals surface area contributed by atoms with E-state index in [0.717, 1.165) is 11.3 Å². The van der Waals surface area contributed by atoms with Gasteiger partial charge < -0.3 is 9.80 Å². The predicted octanol–water partition coefficient (Wildman–Crippen LogP) is 1.93. The number of nitro benzene ring substituents is 1. The number of nitrogens with one attached hydrogen (secondary N) is 1. The number of fused-ring (bicyclic) bond motifs is 1. The molecule has 2 heterocycles. The molecule has 0 aliphatic carbocycles. The lowest BCUT2D eigenvalue weighted by Gasteiger charge is -2.28. The van der Waals surface area contributed by atoms with Gasteiger partial charge in [0.1, 0.15) is 0 Å². The predicted molar refractivity (Wildman–Crippen MR) is 102 cm³/mol. The Labute approximate surface area is 162 Å². The molecule has 0 saturated heterocycles. The van der Waals surface area contributed by atoms with Crippen molar-refractivity contribution in [2.45, 2.75) is 33.2 Å². The summed E-state index contributed by atoms with van der Waals surface area (Å²) in [6.45, 7) is 5.90. The summed E-state index contributed by atoms with van der Waals surface area (Å²) in [6.07, 6.45) is 0.768. The molecule has 148 valence electrons. The maximum atomic E-state index is 12.7. The van der Waals surface area contributed by atoms with E-state index in [2.05, 4.69) is 10.2 Å². The first-order chi connectivity index (χ1) is 13.4. The third-order valence-electron chi connectivity index (χ3n) is 5.04. The maximum Gasteiger partial charge on any atom is 0.274 e. The van der Waals surface area contributed by atoms with Gasteiger partial charge in [-0.05, 0) is 19.4 Å². The lowest BCUT2D eigenvalue weighted by Crippen LogP contribution is -2.38. The Balaban J connectivity index is 1.72. The van der Waals surface area contributed by atoms with Crippen LogP contribution < -0.4 is 0 Å². The van der Waals surface area contributed by atoms with E-state index >= 15 is 0 Å².